The van der Waals surface area contributed by atoms with E-state index in [2.05, 4.69) is 41.8 Å². The molecular formula is C23H30N2O2. The summed E-state index contributed by atoms with van der Waals surface area (Å²) < 4.78 is 13.2. The molecule has 0 unspecified atom stereocenters. The van der Waals surface area contributed by atoms with E-state index in [-0.39, 0.29) is 0 Å². The monoisotopic (exact) mass is 366 g/mol. The van der Waals surface area contributed by atoms with E-state index < -0.39 is 0 Å². The van der Waals surface area contributed by atoms with Crippen LogP contribution in [0.4, 0.5) is 0 Å². The predicted molar refractivity (Wildman–Crippen MR) is 111 cm³/mol. The smallest absolute Gasteiger partial charge is 0.161 e. The maximum Gasteiger partial charge on any atom is 0.161 e. The third kappa shape index (κ3) is 4.62. The summed E-state index contributed by atoms with van der Waals surface area (Å²) in [5.74, 6) is 2.63. The second kappa shape index (κ2) is 9.45. The van der Waals surface area contributed by atoms with Gasteiger partial charge in [0.05, 0.1) is 25.3 Å². The molecule has 0 radical (unpaired) electrons. The zero-order valence-corrected chi connectivity index (χ0v) is 16.7. The zero-order valence-electron chi connectivity index (χ0n) is 16.7. The first-order valence-electron chi connectivity index (χ1n) is 9.91. The minimum absolute atomic E-state index is 0.755. The van der Waals surface area contributed by atoms with Crippen LogP contribution in [0.3, 0.4) is 0 Å². The molecule has 3 aromatic rings. The lowest BCUT2D eigenvalue weighted by molar-refractivity contribution is 0.354. The maximum atomic E-state index is 5.45. The standard InChI is InChI=1S/C23H30N2O2/c1-4-5-6-7-10-15-25-20-12-9-8-11-19(20)24-23(25)17-18-13-14-21(26-2)22(16-18)27-3/h8-9,11-14,16H,4-7,10,15,17H2,1-3H3. The van der Waals surface area contributed by atoms with Crippen molar-refractivity contribution >= 4 is 11.0 Å². The number of ether oxygens (including phenoxy) is 2. The Kier molecular flexibility index (Phi) is 6.74. The molecule has 1 aromatic heterocycles. The lowest BCUT2D eigenvalue weighted by Crippen LogP contribution is -2.05. The number of aromatic nitrogens is 2. The molecule has 0 aliphatic rings. The number of hydrogen-bond acceptors (Lipinski definition) is 3. The molecule has 0 bridgehead atoms. The summed E-state index contributed by atoms with van der Waals surface area (Å²) in [6.07, 6.45) is 7.16. The predicted octanol–water partition coefficient (Wildman–Crippen LogP) is 5.61. The molecule has 0 aliphatic carbocycles. The number of para-hydroxylation sites is 2. The fourth-order valence-corrected chi connectivity index (χ4v) is 3.56. The molecule has 0 saturated carbocycles. The Balaban J connectivity index is 1.83. The lowest BCUT2D eigenvalue weighted by Gasteiger charge is -2.12. The average Bonchev–Trinajstić information content (AvgIpc) is 3.05. The summed E-state index contributed by atoms with van der Waals surface area (Å²) >= 11 is 0. The lowest BCUT2D eigenvalue weighted by atomic mass is 10.1. The Hall–Kier alpha value is -2.49. The van der Waals surface area contributed by atoms with Crippen molar-refractivity contribution in [3.8, 4) is 11.5 Å². The number of benzene rings is 2. The second-order valence-corrected chi connectivity index (χ2v) is 6.95. The van der Waals surface area contributed by atoms with E-state index in [9.17, 15) is 0 Å². The topological polar surface area (TPSA) is 36.3 Å². The van der Waals surface area contributed by atoms with Gasteiger partial charge in [-0.05, 0) is 36.2 Å². The van der Waals surface area contributed by atoms with Crippen molar-refractivity contribution in [3.63, 3.8) is 0 Å². The van der Waals surface area contributed by atoms with E-state index in [1.54, 1.807) is 14.2 Å². The third-order valence-corrected chi connectivity index (χ3v) is 5.03. The molecule has 4 heteroatoms. The van der Waals surface area contributed by atoms with Gasteiger partial charge < -0.3 is 14.0 Å². The number of rotatable bonds is 10. The van der Waals surface area contributed by atoms with Crippen LogP contribution < -0.4 is 9.47 Å². The number of hydrogen-bond donors (Lipinski definition) is 0. The van der Waals surface area contributed by atoms with Gasteiger partial charge in [-0.25, -0.2) is 4.98 Å². The summed E-state index contributed by atoms with van der Waals surface area (Å²) in [6.45, 7) is 3.28. The van der Waals surface area contributed by atoms with Crippen LogP contribution in [0.2, 0.25) is 0 Å². The van der Waals surface area contributed by atoms with Crippen LogP contribution in [-0.2, 0) is 13.0 Å². The summed E-state index contributed by atoms with van der Waals surface area (Å²) in [5, 5.41) is 0. The van der Waals surface area contributed by atoms with Crippen molar-refractivity contribution < 1.29 is 9.47 Å². The Labute approximate surface area is 162 Å². The minimum Gasteiger partial charge on any atom is -0.493 e. The summed E-state index contributed by atoms with van der Waals surface area (Å²) in [4.78, 5) is 4.91. The summed E-state index contributed by atoms with van der Waals surface area (Å²) in [6, 6.07) is 14.5. The van der Waals surface area contributed by atoms with Gasteiger partial charge in [-0.3, -0.25) is 0 Å². The van der Waals surface area contributed by atoms with Crippen molar-refractivity contribution in [2.75, 3.05) is 14.2 Å². The van der Waals surface area contributed by atoms with Crippen LogP contribution in [0.1, 0.15) is 50.4 Å². The molecule has 0 N–H and O–H groups in total. The molecule has 0 aliphatic heterocycles. The van der Waals surface area contributed by atoms with Crippen LogP contribution in [0.5, 0.6) is 11.5 Å². The zero-order chi connectivity index (χ0) is 19.1. The first-order valence-corrected chi connectivity index (χ1v) is 9.91. The van der Waals surface area contributed by atoms with E-state index in [1.807, 2.05) is 12.1 Å². The summed E-state index contributed by atoms with van der Waals surface area (Å²) in [5.41, 5.74) is 3.47. The van der Waals surface area contributed by atoms with E-state index in [4.69, 9.17) is 14.5 Å². The van der Waals surface area contributed by atoms with Crippen molar-refractivity contribution in [1.82, 2.24) is 9.55 Å². The third-order valence-electron chi connectivity index (χ3n) is 5.03. The van der Waals surface area contributed by atoms with Crippen LogP contribution in [0, 0.1) is 0 Å². The SMILES string of the molecule is CCCCCCCn1c(Cc2ccc(OC)c(OC)c2)nc2ccccc21. The molecule has 0 spiro atoms. The van der Waals surface area contributed by atoms with Gasteiger partial charge >= 0.3 is 0 Å². The highest BCUT2D eigenvalue weighted by Gasteiger charge is 2.12. The number of fused-ring (bicyclic) bond motifs is 1. The van der Waals surface area contributed by atoms with Crippen molar-refractivity contribution in [2.24, 2.45) is 0 Å². The van der Waals surface area contributed by atoms with Crippen LogP contribution >= 0.6 is 0 Å². The van der Waals surface area contributed by atoms with Crippen molar-refractivity contribution in [2.45, 2.75) is 52.0 Å². The van der Waals surface area contributed by atoms with Crippen molar-refractivity contribution in [1.29, 1.82) is 0 Å². The fourth-order valence-electron chi connectivity index (χ4n) is 3.56. The fraction of sp³-hybridized carbons (Fsp3) is 0.435. The Bertz CT molecular complexity index is 870. The van der Waals surface area contributed by atoms with Gasteiger partial charge in [0, 0.05) is 13.0 Å². The van der Waals surface area contributed by atoms with E-state index in [1.165, 1.54) is 43.2 Å². The number of methoxy groups -OCH3 is 2. The first kappa shape index (κ1) is 19.3. The second-order valence-electron chi connectivity index (χ2n) is 6.95. The van der Waals surface area contributed by atoms with E-state index in [0.29, 0.717) is 0 Å². The van der Waals surface area contributed by atoms with Gasteiger partial charge in [0.2, 0.25) is 0 Å². The first-order chi connectivity index (χ1) is 13.3. The van der Waals surface area contributed by atoms with Gasteiger partial charge in [0.15, 0.2) is 11.5 Å². The molecule has 27 heavy (non-hydrogen) atoms. The molecule has 2 aromatic carbocycles. The van der Waals surface area contributed by atoms with Gasteiger partial charge in [-0.2, -0.15) is 0 Å². The van der Waals surface area contributed by atoms with Crippen molar-refractivity contribution in [3.05, 3.63) is 53.9 Å². The quantitative estimate of drug-likeness (QED) is 0.437. The van der Waals surface area contributed by atoms with Gasteiger partial charge in [-0.1, -0.05) is 50.8 Å². The van der Waals surface area contributed by atoms with Gasteiger partial charge in [0.25, 0.3) is 0 Å². The molecule has 4 nitrogen and oxygen atoms in total. The molecule has 0 fully saturated rings. The highest BCUT2D eigenvalue weighted by Crippen LogP contribution is 2.29. The number of aryl methyl sites for hydroxylation is 1. The highest BCUT2D eigenvalue weighted by atomic mass is 16.5. The van der Waals surface area contributed by atoms with Crippen LogP contribution in [-0.4, -0.2) is 23.8 Å². The molecule has 144 valence electrons. The number of imidazole rings is 1. The van der Waals surface area contributed by atoms with Gasteiger partial charge in [-0.15, -0.1) is 0 Å². The normalized spacial score (nSPS) is 11.1. The highest BCUT2D eigenvalue weighted by molar-refractivity contribution is 5.76. The summed E-state index contributed by atoms with van der Waals surface area (Å²) in [7, 11) is 3.34. The molecule has 0 amide bonds. The average molecular weight is 367 g/mol. The van der Waals surface area contributed by atoms with Crippen LogP contribution in [0.25, 0.3) is 11.0 Å². The molecule has 3 rings (SSSR count). The van der Waals surface area contributed by atoms with Crippen LogP contribution in [0.15, 0.2) is 42.5 Å². The Morgan fingerprint density at radius 2 is 1.67 bits per heavy atom. The van der Waals surface area contributed by atoms with E-state index in [0.717, 1.165) is 35.8 Å². The van der Waals surface area contributed by atoms with E-state index >= 15 is 0 Å². The number of nitrogens with zero attached hydrogens (tertiary/aromatic N) is 2. The Morgan fingerprint density at radius 1 is 0.889 bits per heavy atom. The molecule has 0 saturated heterocycles. The minimum atomic E-state index is 0.755. The molecule has 0 atom stereocenters. The maximum absolute atomic E-state index is 5.45. The van der Waals surface area contributed by atoms with Gasteiger partial charge in [0.1, 0.15) is 5.82 Å². The molecule has 1 heterocycles. The Morgan fingerprint density at radius 3 is 2.44 bits per heavy atom. The number of unbranched alkanes of at least 4 members (excludes halogenated alkanes) is 4. The largest absolute Gasteiger partial charge is 0.493 e. The molecular weight excluding hydrogens is 336 g/mol.